The zero-order valence-electron chi connectivity index (χ0n) is 20.7. The van der Waals surface area contributed by atoms with Gasteiger partial charge in [-0.15, -0.1) is 0 Å². The SMILES string of the molecule is CON=C1C[C@@H](CC(=O)NCC(O)c2ccc([N+](=O)[O-])cc2)N(C(=O)c2ccc(-c3ccncc3)cc2)C1. The molecule has 196 valence electrons. The number of hydrogen-bond acceptors (Lipinski definition) is 8. The first-order valence-corrected chi connectivity index (χ1v) is 11.9. The molecule has 4 rings (SSSR count). The first-order valence-electron chi connectivity index (χ1n) is 11.9. The lowest BCUT2D eigenvalue weighted by Gasteiger charge is -2.24. The van der Waals surface area contributed by atoms with E-state index in [1.807, 2.05) is 24.3 Å². The third-order valence-corrected chi connectivity index (χ3v) is 6.29. The van der Waals surface area contributed by atoms with E-state index in [-0.39, 0.29) is 37.0 Å². The van der Waals surface area contributed by atoms with Gasteiger partial charge in [0.25, 0.3) is 11.6 Å². The van der Waals surface area contributed by atoms with Crippen LogP contribution in [0.3, 0.4) is 0 Å². The Bertz CT molecular complexity index is 1310. The molecular weight excluding hydrogens is 490 g/mol. The van der Waals surface area contributed by atoms with Gasteiger partial charge in [-0.2, -0.15) is 0 Å². The van der Waals surface area contributed by atoms with Gasteiger partial charge in [0.1, 0.15) is 7.11 Å². The summed E-state index contributed by atoms with van der Waals surface area (Å²) in [5, 5.41) is 27.9. The number of nitrogens with one attached hydrogen (secondary N) is 1. The third kappa shape index (κ3) is 6.37. The van der Waals surface area contributed by atoms with Gasteiger partial charge in [-0.3, -0.25) is 24.7 Å². The van der Waals surface area contributed by atoms with Gasteiger partial charge in [-0.05, 0) is 53.1 Å². The van der Waals surface area contributed by atoms with Gasteiger partial charge in [0.15, 0.2) is 0 Å². The van der Waals surface area contributed by atoms with Crippen molar-refractivity contribution < 1.29 is 24.5 Å². The Morgan fingerprint density at radius 2 is 1.79 bits per heavy atom. The number of aliphatic hydroxyl groups is 1. The minimum absolute atomic E-state index is 0.0105. The molecule has 2 heterocycles. The molecule has 1 aliphatic rings. The second-order valence-corrected chi connectivity index (χ2v) is 8.82. The van der Waals surface area contributed by atoms with E-state index in [0.717, 1.165) is 11.1 Å². The molecule has 2 amide bonds. The highest BCUT2D eigenvalue weighted by Gasteiger charge is 2.35. The van der Waals surface area contributed by atoms with Gasteiger partial charge in [0.2, 0.25) is 5.91 Å². The van der Waals surface area contributed by atoms with Crippen LogP contribution in [0.5, 0.6) is 0 Å². The van der Waals surface area contributed by atoms with Crippen molar-refractivity contribution in [3.63, 3.8) is 0 Å². The molecule has 2 N–H and O–H groups in total. The largest absolute Gasteiger partial charge is 0.399 e. The number of nitro benzene ring substituents is 1. The van der Waals surface area contributed by atoms with Crippen molar-refractivity contribution in [2.24, 2.45) is 5.16 Å². The lowest BCUT2D eigenvalue weighted by atomic mass is 10.0. The average molecular weight is 518 g/mol. The summed E-state index contributed by atoms with van der Waals surface area (Å²) >= 11 is 0. The summed E-state index contributed by atoms with van der Waals surface area (Å²) in [4.78, 5) is 46.9. The fourth-order valence-corrected chi connectivity index (χ4v) is 4.34. The summed E-state index contributed by atoms with van der Waals surface area (Å²) < 4.78 is 0. The summed E-state index contributed by atoms with van der Waals surface area (Å²) in [6.45, 7) is 0.162. The number of aromatic nitrogens is 1. The first kappa shape index (κ1) is 26.4. The van der Waals surface area contributed by atoms with Crippen molar-refractivity contribution in [1.82, 2.24) is 15.2 Å². The van der Waals surface area contributed by atoms with E-state index in [2.05, 4.69) is 15.5 Å². The number of non-ortho nitro benzene ring substituents is 1. The molecule has 2 aromatic carbocycles. The van der Waals surface area contributed by atoms with Gasteiger partial charge < -0.3 is 20.2 Å². The molecule has 38 heavy (non-hydrogen) atoms. The van der Waals surface area contributed by atoms with Crippen LogP contribution in [0.2, 0.25) is 0 Å². The van der Waals surface area contributed by atoms with Gasteiger partial charge in [-0.25, -0.2) is 0 Å². The van der Waals surface area contributed by atoms with E-state index in [1.165, 1.54) is 31.4 Å². The molecule has 0 bridgehead atoms. The number of nitrogens with zero attached hydrogens (tertiary/aromatic N) is 4. The lowest BCUT2D eigenvalue weighted by molar-refractivity contribution is -0.384. The van der Waals surface area contributed by atoms with E-state index in [4.69, 9.17) is 4.84 Å². The number of pyridine rings is 1. The zero-order valence-corrected chi connectivity index (χ0v) is 20.7. The molecule has 1 aromatic heterocycles. The second-order valence-electron chi connectivity index (χ2n) is 8.82. The van der Waals surface area contributed by atoms with Gasteiger partial charge in [0, 0.05) is 55.5 Å². The molecule has 1 unspecified atom stereocenters. The maximum Gasteiger partial charge on any atom is 0.269 e. The van der Waals surface area contributed by atoms with Crippen molar-refractivity contribution >= 4 is 23.2 Å². The van der Waals surface area contributed by atoms with Gasteiger partial charge >= 0.3 is 0 Å². The highest BCUT2D eigenvalue weighted by Crippen LogP contribution is 2.24. The Morgan fingerprint density at radius 1 is 1.13 bits per heavy atom. The molecular formula is C27H27N5O6. The van der Waals surface area contributed by atoms with Crippen LogP contribution in [0, 0.1) is 10.1 Å². The van der Waals surface area contributed by atoms with Crippen LogP contribution >= 0.6 is 0 Å². The first-order chi connectivity index (χ1) is 18.4. The number of amides is 2. The minimum atomic E-state index is -1.04. The number of likely N-dealkylation sites (tertiary alicyclic amines) is 1. The molecule has 0 aliphatic carbocycles. The number of aliphatic hydroxyl groups excluding tert-OH is 1. The van der Waals surface area contributed by atoms with Crippen LogP contribution < -0.4 is 5.32 Å². The van der Waals surface area contributed by atoms with Crippen molar-refractivity contribution in [3.05, 3.63) is 94.3 Å². The fourth-order valence-electron chi connectivity index (χ4n) is 4.34. The fraction of sp³-hybridized carbons (Fsp3) is 0.259. The van der Waals surface area contributed by atoms with Crippen LogP contribution in [0.4, 0.5) is 5.69 Å². The summed E-state index contributed by atoms with van der Waals surface area (Å²) in [7, 11) is 1.43. The number of rotatable bonds is 9. The van der Waals surface area contributed by atoms with Crippen molar-refractivity contribution in [3.8, 4) is 11.1 Å². The Morgan fingerprint density at radius 3 is 2.42 bits per heavy atom. The Labute approximate surface area is 218 Å². The smallest absolute Gasteiger partial charge is 0.269 e. The molecule has 0 saturated carbocycles. The molecule has 0 spiro atoms. The minimum Gasteiger partial charge on any atom is -0.399 e. The zero-order chi connectivity index (χ0) is 27.1. The molecule has 1 fully saturated rings. The standard InChI is InChI=1S/C27H27N5O6/c1-38-30-22-14-24(15-26(34)29-16-25(33)20-6-8-23(9-7-20)32(36)37)31(17-22)27(35)21-4-2-18(3-5-21)19-10-12-28-13-11-19/h2-13,24-25,33H,14-17H2,1H3,(H,29,34)/t24-,25?/m0/s1. The van der Waals surface area contributed by atoms with Crippen LogP contribution in [0.15, 0.2) is 78.2 Å². The topological polar surface area (TPSA) is 147 Å². The molecule has 11 nitrogen and oxygen atoms in total. The Hall–Kier alpha value is -4.64. The van der Waals surface area contributed by atoms with Crippen LogP contribution in [-0.4, -0.2) is 63.7 Å². The van der Waals surface area contributed by atoms with Crippen LogP contribution in [0.25, 0.3) is 11.1 Å². The predicted octanol–water partition coefficient (Wildman–Crippen LogP) is 3.11. The van der Waals surface area contributed by atoms with Gasteiger partial charge in [-0.1, -0.05) is 17.3 Å². The second kappa shape index (κ2) is 12.1. The molecule has 3 aromatic rings. The van der Waals surface area contributed by atoms with Crippen LogP contribution in [0.1, 0.15) is 34.9 Å². The molecule has 11 heteroatoms. The van der Waals surface area contributed by atoms with E-state index >= 15 is 0 Å². The Kier molecular flexibility index (Phi) is 8.39. The number of benzene rings is 2. The van der Waals surface area contributed by atoms with Gasteiger partial charge in [0.05, 0.1) is 23.3 Å². The monoisotopic (exact) mass is 517 g/mol. The van der Waals surface area contributed by atoms with E-state index in [0.29, 0.717) is 23.3 Å². The number of nitro groups is 1. The number of carbonyl (C=O) groups excluding carboxylic acids is 2. The average Bonchev–Trinajstić information content (AvgIpc) is 3.34. The predicted molar refractivity (Wildman–Crippen MR) is 139 cm³/mol. The summed E-state index contributed by atoms with van der Waals surface area (Å²) in [6, 6.07) is 16.0. The highest BCUT2D eigenvalue weighted by molar-refractivity contribution is 6.01. The number of oxime groups is 1. The molecule has 2 atom stereocenters. The summed E-state index contributed by atoms with van der Waals surface area (Å²) in [5.74, 6) is -0.572. The number of hydrogen-bond donors (Lipinski definition) is 2. The number of carbonyl (C=O) groups is 2. The van der Waals surface area contributed by atoms with Crippen molar-refractivity contribution in [1.29, 1.82) is 0 Å². The van der Waals surface area contributed by atoms with Crippen LogP contribution in [-0.2, 0) is 9.63 Å². The summed E-state index contributed by atoms with van der Waals surface area (Å²) in [6.07, 6.45) is 2.76. The normalized spacial score (nSPS) is 16.7. The quantitative estimate of drug-likeness (QED) is 0.327. The Balaban J connectivity index is 1.39. The highest BCUT2D eigenvalue weighted by atomic mass is 16.6. The molecule has 1 aliphatic heterocycles. The van der Waals surface area contributed by atoms with E-state index in [1.54, 1.807) is 29.4 Å². The molecule has 1 saturated heterocycles. The van der Waals surface area contributed by atoms with E-state index < -0.39 is 17.1 Å². The maximum absolute atomic E-state index is 13.4. The summed E-state index contributed by atoms with van der Waals surface area (Å²) in [5.41, 5.74) is 3.43. The van der Waals surface area contributed by atoms with E-state index in [9.17, 15) is 24.8 Å². The van der Waals surface area contributed by atoms with Crippen molar-refractivity contribution in [2.75, 3.05) is 20.2 Å². The van der Waals surface area contributed by atoms with Crippen molar-refractivity contribution in [2.45, 2.75) is 25.0 Å². The lowest BCUT2D eigenvalue weighted by Crippen LogP contribution is -2.40. The third-order valence-electron chi connectivity index (χ3n) is 6.29. The molecule has 0 radical (unpaired) electrons. The maximum atomic E-state index is 13.4.